The van der Waals surface area contributed by atoms with Gasteiger partial charge in [0.05, 0.1) is 12.3 Å². The van der Waals surface area contributed by atoms with Crippen molar-refractivity contribution < 1.29 is 18.7 Å². The Morgan fingerprint density at radius 2 is 2.19 bits per heavy atom. The van der Waals surface area contributed by atoms with Crippen LogP contribution < -0.4 is 10.6 Å². The molecule has 2 amide bonds. The molecular formula is C18H20FN3O3S. The van der Waals surface area contributed by atoms with Crippen molar-refractivity contribution in [3.8, 4) is 11.3 Å². The van der Waals surface area contributed by atoms with E-state index in [-0.39, 0.29) is 17.4 Å². The van der Waals surface area contributed by atoms with Crippen LogP contribution in [0.2, 0.25) is 0 Å². The van der Waals surface area contributed by atoms with Crippen LogP contribution in [-0.2, 0) is 14.3 Å². The summed E-state index contributed by atoms with van der Waals surface area (Å²) in [6.45, 7) is 6.99. The minimum Gasteiger partial charge on any atom is -0.368 e. The molecule has 26 heavy (non-hydrogen) atoms. The van der Waals surface area contributed by atoms with Crippen LogP contribution in [0.3, 0.4) is 0 Å². The van der Waals surface area contributed by atoms with Crippen molar-refractivity contribution in [1.29, 1.82) is 0 Å². The van der Waals surface area contributed by atoms with E-state index >= 15 is 0 Å². The number of nitrogens with one attached hydrogen (secondary N) is 2. The Morgan fingerprint density at radius 1 is 1.42 bits per heavy atom. The van der Waals surface area contributed by atoms with Gasteiger partial charge in [-0.2, -0.15) is 0 Å². The number of nitrogens with zero attached hydrogens (tertiary/aromatic N) is 1. The first-order valence-corrected chi connectivity index (χ1v) is 8.85. The standard InChI is InChI=1S/C18H20FN3O3S/c1-4-5-8-25-11(2)17(24)22-18-21-16(10-26-18)14-7-6-13(9-15(14)19)20-12(3)23/h4,6-7,9-11H,1,5,8H2,2-3H3,(H,20,23)(H,21,22,24). The SMILES string of the molecule is C=CCCOC(C)C(=O)Nc1nc(-c2ccc(NC(C)=O)cc2F)cs1. The van der Waals surface area contributed by atoms with Crippen molar-refractivity contribution in [1.82, 2.24) is 4.98 Å². The highest BCUT2D eigenvalue weighted by Crippen LogP contribution is 2.28. The molecule has 1 atom stereocenters. The van der Waals surface area contributed by atoms with Gasteiger partial charge >= 0.3 is 0 Å². The van der Waals surface area contributed by atoms with Gasteiger partial charge in [0.1, 0.15) is 11.9 Å². The van der Waals surface area contributed by atoms with Gasteiger partial charge in [-0.3, -0.25) is 14.9 Å². The maximum absolute atomic E-state index is 14.3. The van der Waals surface area contributed by atoms with Crippen LogP contribution in [0.1, 0.15) is 20.3 Å². The molecule has 2 N–H and O–H groups in total. The predicted octanol–water partition coefficient (Wildman–Crippen LogP) is 3.83. The van der Waals surface area contributed by atoms with Gasteiger partial charge in [-0.05, 0) is 31.5 Å². The molecule has 0 radical (unpaired) electrons. The van der Waals surface area contributed by atoms with Crippen LogP contribution in [0.5, 0.6) is 0 Å². The first-order chi connectivity index (χ1) is 12.4. The lowest BCUT2D eigenvalue weighted by Crippen LogP contribution is -2.27. The predicted molar refractivity (Wildman–Crippen MR) is 101 cm³/mol. The number of aromatic nitrogens is 1. The van der Waals surface area contributed by atoms with Gasteiger partial charge in [0.25, 0.3) is 5.91 Å². The zero-order chi connectivity index (χ0) is 19.1. The highest BCUT2D eigenvalue weighted by molar-refractivity contribution is 7.14. The lowest BCUT2D eigenvalue weighted by molar-refractivity contribution is -0.126. The summed E-state index contributed by atoms with van der Waals surface area (Å²) < 4.78 is 19.6. The number of ether oxygens (including phenoxy) is 1. The van der Waals surface area contributed by atoms with Crippen LogP contribution in [0.4, 0.5) is 15.2 Å². The fourth-order valence-corrected chi connectivity index (χ4v) is 2.78. The number of benzene rings is 1. The first-order valence-electron chi connectivity index (χ1n) is 7.97. The van der Waals surface area contributed by atoms with Crippen LogP contribution in [0.15, 0.2) is 36.2 Å². The summed E-state index contributed by atoms with van der Waals surface area (Å²) in [5.41, 5.74) is 1.05. The third-order valence-electron chi connectivity index (χ3n) is 3.36. The third-order valence-corrected chi connectivity index (χ3v) is 4.12. The summed E-state index contributed by atoms with van der Waals surface area (Å²) in [5, 5.41) is 7.17. The summed E-state index contributed by atoms with van der Waals surface area (Å²) in [7, 11) is 0. The van der Waals surface area contributed by atoms with E-state index < -0.39 is 11.9 Å². The number of halogens is 1. The summed E-state index contributed by atoms with van der Waals surface area (Å²) in [6, 6.07) is 4.35. The molecule has 1 heterocycles. The minimum atomic E-state index is -0.629. The van der Waals surface area contributed by atoms with Crippen LogP contribution in [0.25, 0.3) is 11.3 Å². The molecule has 0 aliphatic heterocycles. The third kappa shape index (κ3) is 5.47. The monoisotopic (exact) mass is 377 g/mol. The summed E-state index contributed by atoms with van der Waals surface area (Å²) in [6.07, 6.45) is 1.74. The highest BCUT2D eigenvalue weighted by Gasteiger charge is 2.16. The molecule has 0 aliphatic rings. The van der Waals surface area contributed by atoms with Gasteiger partial charge in [-0.1, -0.05) is 6.08 Å². The smallest absolute Gasteiger partial charge is 0.254 e. The van der Waals surface area contributed by atoms with Crippen LogP contribution >= 0.6 is 11.3 Å². The molecular weight excluding hydrogens is 357 g/mol. The summed E-state index contributed by atoms with van der Waals surface area (Å²) >= 11 is 1.19. The van der Waals surface area contributed by atoms with Gasteiger partial charge in [-0.15, -0.1) is 17.9 Å². The van der Waals surface area contributed by atoms with E-state index in [9.17, 15) is 14.0 Å². The van der Waals surface area contributed by atoms with Crippen molar-refractivity contribution >= 4 is 34.0 Å². The van der Waals surface area contributed by atoms with Gasteiger partial charge in [0, 0.05) is 23.6 Å². The summed E-state index contributed by atoms with van der Waals surface area (Å²) in [5.74, 6) is -1.11. The normalized spacial score (nSPS) is 11.7. The Balaban J connectivity index is 2.04. The second-order valence-electron chi connectivity index (χ2n) is 5.49. The maximum atomic E-state index is 14.3. The van der Waals surface area contributed by atoms with Crippen molar-refractivity contribution in [2.45, 2.75) is 26.4 Å². The number of amides is 2. The zero-order valence-corrected chi connectivity index (χ0v) is 15.4. The van der Waals surface area contributed by atoms with Crippen LogP contribution in [-0.4, -0.2) is 29.5 Å². The van der Waals surface area contributed by atoms with Crippen molar-refractivity contribution in [3.63, 3.8) is 0 Å². The number of carbonyl (C=O) groups excluding carboxylic acids is 2. The number of hydrogen-bond donors (Lipinski definition) is 2. The molecule has 0 aliphatic carbocycles. The molecule has 0 saturated carbocycles. The van der Waals surface area contributed by atoms with E-state index in [2.05, 4.69) is 22.2 Å². The number of hydrogen-bond acceptors (Lipinski definition) is 5. The van der Waals surface area contributed by atoms with E-state index in [1.807, 2.05) is 0 Å². The largest absolute Gasteiger partial charge is 0.368 e. The Kier molecular flexibility index (Phi) is 6.99. The summed E-state index contributed by atoms with van der Waals surface area (Å²) in [4.78, 5) is 27.3. The lowest BCUT2D eigenvalue weighted by atomic mass is 10.1. The van der Waals surface area contributed by atoms with Gasteiger partial charge in [-0.25, -0.2) is 9.37 Å². The molecule has 8 heteroatoms. The number of thiazole rings is 1. The lowest BCUT2D eigenvalue weighted by Gasteiger charge is -2.11. The van der Waals surface area contributed by atoms with Gasteiger partial charge in [0.2, 0.25) is 5.91 Å². The van der Waals surface area contributed by atoms with Crippen LogP contribution in [0, 0.1) is 5.82 Å². The average molecular weight is 377 g/mol. The van der Waals surface area contributed by atoms with E-state index in [1.165, 1.54) is 30.4 Å². The number of rotatable bonds is 8. The number of anilines is 2. The molecule has 2 aromatic rings. The topological polar surface area (TPSA) is 80.3 Å². The van der Waals surface area contributed by atoms with E-state index in [0.717, 1.165) is 0 Å². The van der Waals surface area contributed by atoms with Gasteiger partial charge in [0.15, 0.2) is 5.13 Å². The molecule has 0 bridgehead atoms. The van der Waals surface area contributed by atoms with Crippen molar-refractivity contribution in [3.05, 3.63) is 42.1 Å². The second-order valence-corrected chi connectivity index (χ2v) is 6.35. The first kappa shape index (κ1) is 19.7. The average Bonchev–Trinajstić information content (AvgIpc) is 3.02. The molecule has 0 spiro atoms. The van der Waals surface area contributed by atoms with Crippen molar-refractivity contribution in [2.75, 3.05) is 17.2 Å². The molecule has 1 unspecified atom stereocenters. The maximum Gasteiger partial charge on any atom is 0.254 e. The zero-order valence-electron chi connectivity index (χ0n) is 14.5. The van der Waals surface area contributed by atoms with E-state index in [0.29, 0.717) is 29.5 Å². The fourth-order valence-electron chi connectivity index (χ4n) is 2.07. The Bertz CT molecular complexity index is 807. The van der Waals surface area contributed by atoms with E-state index in [1.54, 1.807) is 24.4 Å². The molecule has 0 saturated heterocycles. The minimum absolute atomic E-state index is 0.278. The molecule has 6 nitrogen and oxygen atoms in total. The Hall–Kier alpha value is -2.58. The highest BCUT2D eigenvalue weighted by atomic mass is 32.1. The molecule has 138 valence electrons. The quantitative estimate of drug-likeness (QED) is 0.541. The number of carbonyl (C=O) groups is 2. The molecule has 1 aromatic heterocycles. The second kappa shape index (κ2) is 9.21. The molecule has 2 rings (SSSR count). The molecule has 1 aromatic carbocycles. The fraction of sp³-hybridized carbons (Fsp3) is 0.278. The Morgan fingerprint density at radius 3 is 2.85 bits per heavy atom. The van der Waals surface area contributed by atoms with Crippen molar-refractivity contribution in [2.24, 2.45) is 0 Å². The van der Waals surface area contributed by atoms with E-state index in [4.69, 9.17) is 4.74 Å². The van der Waals surface area contributed by atoms with Gasteiger partial charge < -0.3 is 10.1 Å². The molecule has 0 fully saturated rings. The Labute approximate surface area is 155 Å².